The Morgan fingerprint density at radius 1 is 1.27 bits per heavy atom. The van der Waals surface area contributed by atoms with Gasteiger partial charge in [-0.1, -0.05) is 30.0 Å². The van der Waals surface area contributed by atoms with E-state index in [1.807, 2.05) is 0 Å². The summed E-state index contributed by atoms with van der Waals surface area (Å²) in [5.74, 6) is 0. The van der Waals surface area contributed by atoms with Crippen LogP contribution in [0.25, 0.3) is 0 Å². The van der Waals surface area contributed by atoms with E-state index in [0.29, 0.717) is 0 Å². The van der Waals surface area contributed by atoms with Crippen molar-refractivity contribution in [2.75, 3.05) is 0 Å². The molecule has 0 aromatic heterocycles. The minimum Gasteiger partial charge on any atom is -0.294 e. The van der Waals surface area contributed by atoms with Crippen LogP contribution in [0.2, 0.25) is 0 Å². The second-order valence-electron chi connectivity index (χ2n) is 2.59. The van der Waals surface area contributed by atoms with E-state index in [1.54, 1.807) is 6.07 Å². The predicted molar refractivity (Wildman–Crippen MR) is 49.5 cm³/mol. The molecule has 7 heteroatoms. The van der Waals surface area contributed by atoms with Crippen molar-refractivity contribution in [1.29, 1.82) is 0 Å². The Kier molecular flexibility index (Phi) is 5.30. The number of nitrogens with zero attached hydrogens (tertiary/aromatic N) is 1. The number of sulfone groups is 1. The Bertz CT molecular complexity index is 431. The van der Waals surface area contributed by atoms with Gasteiger partial charge in [-0.15, -0.1) is 0 Å². The molecule has 0 fully saturated rings. The molecule has 5 nitrogen and oxygen atoms in total. The van der Waals surface area contributed by atoms with E-state index >= 15 is 0 Å². The number of rotatable bonds is 3. The van der Waals surface area contributed by atoms with Crippen LogP contribution in [0.15, 0.2) is 35.2 Å². The minimum absolute atomic E-state index is 0. The summed E-state index contributed by atoms with van der Waals surface area (Å²) in [6, 6.07) is 7.31. The molecule has 0 aliphatic rings. The van der Waals surface area contributed by atoms with Crippen LogP contribution in [0.4, 0.5) is 0 Å². The van der Waals surface area contributed by atoms with Gasteiger partial charge in [0.1, 0.15) is 9.84 Å². The molecule has 1 aromatic rings. The van der Waals surface area contributed by atoms with Crippen molar-refractivity contribution in [2.24, 2.45) is 0 Å². The fraction of sp³-hybridized carbons (Fsp3) is 0.125. The van der Waals surface area contributed by atoms with Gasteiger partial charge in [0.15, 0.2) is 0 Å². The third-order valence-corrected chi connectivity index (χ3v) is 3.52. The number of benzene rings is 1. The monoisotopic (exact) mass is 237 g/mol. The Labute approximate surface area is 110 Å². The Morgan fingerprint density at radius 2 is 1.73 bits per heavy atom. The Balaban J connectivity index is 0.00000196. The van der Waals surface area contributed by atoms with Gasteiger partial charge in [-0.25, -0.2) is 8.42 Å². The maximum Gasteiger partial charge on any atom is 1.00 e. The summed E-state index contributed by atoms with van der Waals surface area (Å²) >= 11 is 0. The van der Waals surface area contributed by atoms with Crippen molar-refractivity contribution in [2.45, 2.75) is 11.8 Å². The number of nitro groups is 1. The fourth-order valence-corrected chi connectivity index (χ4v) is 1.92. The van der Waals surface area contributed by atoms with Gasteiger partial charge in [-0.2, -0.15) is 0 Å². The van der Waals surface area contributed by atoms with Crippen LogP contribution in [0.1, 0.15) is 6.92 Å². The molecule has 76 valence electrons. The van der Waals surface area contributed by atoms with Crippen LogP contribution in [-0.4, -0.2) is 13.3 Å². The first-order valence-electron chi connectivity index (χ1n) is 3.74. The summed E-state index contributed by atoms with van der Waals surface area (Å²) in [6.07, 6.45) is 0. The van der Waals surface area contributed by atoms with Gasteiger partial charge < -0.3 is 0 Å². The molecule has 0 radical (unpaired) electrons. The van der Waals surface area contributed by atoms with Crippen LogP contribution >= 0.6 is 0 Å². The number of hydrogen-bond acceptors (Lipinski definition) is 4. The molecule has 0 unspecified atom stereocenters. The molecule has 0 spiro atoms. The normalized spacial score (nSPS) is 10.2. The smallest absolute Gasteiger partial charge is 0.294 e. The molecule has 0 saturated carbocycles. The zero-order chi connectivity index (χ0) is 10.8. The molecule has 0 amide bonds. The maximum atomic E-state index is 11.5. The van der Waals surface area contributed by atoms with Gasteiger partial charge in [0.05, 0.1) is 5.37 Å². The molecule has 0 N–H and O–H groups in total. The molecule has 0 saturated heterocycles. The van der Waals surface area contributed by atoms with E-state index in [1.165, 1.54) is 24.3 Å². The van der Waals surface area contributed by atoms with Gasteiger partial charge in [-0.05, 0) is 12.1 Å². The second-order valence-corrected chi connectivity index (χ2v) is 4.66. The number of hydrogen-bond donors (Lipinski definition) is 0. The van der Waals surface area contributed by atoms with Crippen LogP contribution in [0.3, 0.4) is 0 Å². The molecule has 0 atom stereocenters. The van der Waals surface area contributed by atoms with Crippen molar-refractivity contribution in [1.82, 2.24) is 0 Å². The Hall–Kier alpha value is -0.560. The molecule has 0 aliphatic carbocycles. The van der Waals surface area contributed by atoms with Crippen LogP contribution in [-0.2, 0) is 9.84 Å². The van der Waals surface area contributed by atoms with E-state index in [4.69, 9.17) is 0 Å². The molecular weight excluding hydrogens is 229 g/mol. The van der Waals surface area contributed by atoms with E-state index < -0.39 is 20.1 Å². The maximum absolute atomic E-state index is 11.5. The first-order valence-corrected chi connectivity index (χ1v) is 5.22. The molecule has 0 bridgehead atoms. The SMILES string of the molecule is C[C-]([N+](=O)[O-])S(=O)(=O)c1ccccc1.[Na+]. The van der Waals surface area contributed by atoms with Crippen molar-refractivity contribution in [3.05, 3.63) is 45.8 Å². The molecule has 1 rings (SSSR count). The summed E-state index contributed by atoms with van der Waals surface area (Å²) in [6.45, 7) is 0.975. The third kappa shape index (κ3) is 3.20. The van der Waals surface area contributed by atoms with Crippen molar-refractivity contribution < 1.29 is 42.9 Å². The minimum atomic E-state index is -3.92. The summed E-state index contributed by atoms with van der Waals surface area (Å²) in [5.41, 5.74) is 0. The molecule has 15 heavy (non-hydrogen) atoms. The van der Waals surface area contributed by atoms with Gasteiger partial charge in [-0.3, -0.25) is 10.1 Å². The summed E-state index contributed by atoms with van der Waals surface area (Å²) in [7, 11) is -3.92. The van der Waals surface area contributed by atoms with Crippen LogP contribution in [0, 0.1) is 15.5 Å². The summed E-state index contributed by atoms with van der Waals surface area (Å²) in [5, 5.41) is 9.55. The van der Waals surface area contributed by atoms with Gasteiger partial charge >= 0.3 is 29.6 Å². The molecule has 1 aromatic carbocycles. The quantitative estimate of drug-likeness (QED) is 0.270. The zero-order valence-electron chi connectivity index (χ0n) is 8.38. The largest absolute Gasteiger partial charge is 1.00 e. The molecule has 0 heterocycles. The van der Waals surface area contributed by atoms with Gasteiger partial charge in [0.25, 0.3) is 0 Å². The van der Waals surface area contributed by atoms with E-state index in [9.17, 15) is 18.5 Å². The van der Waals surface area contributed by atoms with Crippen molar-refractivity contribution in [3.63, 3.8) is 0 Å². The second kappa shape index (κ2) is 5.50. The molecular formula is C8H8NNaO4S. The molecule has 0 aliphatic heterocycles. The fourth-order valence-electron chi connectivity index (χ4n) is 0.868. The van der Waals surface area contributed by atoms with Crippen molar-refractivity contribution >= 4 is 9.84 Å². The van der Waals surface area contributed by atoms with E-state index in [2.05, 4.69) is 0 Å². The van der Waals surface area contributed by atoms with E-state index in [-0.39, 0.29) is 34.5 Å². The summed E-state index contributed by atoms with van der Waals surface area (Å²) in [4.78, 5) is 9.35. The van der Waals surface area contributed by atoms with Crippen molar-refractivity contribution in [3.8, 4) is 0 Å². The first kappa shape index (κ1) is 14.4. The van der Waals surface area contributed by atoms with Crippen LogP contribution < -0.4 is 29.6 Å². The topological polar surface area (TPSA) is 77.3 Å². The van der Waals surface area contributed by atoms with E-state index in [0.717, 1.165) is 6.92 Å². The average Bonchev–Trinajstić information content (AvgIpc) is 2.18. The van der Waals surface area contributed by atoms with Gasteiger partial charge in [0, 0.05) is 4.90 Å². The average molecular weight is 237 g/mol. The van der Waals surface area contributed by atoms with Crippen LogP contribution in [0.5, 0.6) is 0 Å². The predicted octanol–water partition coefficient (Wildman–Crippen LogP) is -1.75. The zero-order valence-corrected chi connectivity index (χ0v) is 11.2. The first-order chi connectivity index (χ1) is 6.46. The summed E-state index contributed by atoms with van der Waals surface area (Å²) < 4.78 is 23.0. The van der Waals surface area contributed by atoms with Gasteiger partial charge in [0.2, 0.25) is 0 Å². The standard InChI is InChI=1S/C8H8NO4S.Na/c1-7(9(10)11)14(12,13)8-5-3-2-4-6-8;/h2-6H,1H3;/q-1;+1. The third-order valence-electron chi connectivity index (χ3n) is 1.70. The Morgan fingerprint density at radius 3 is 2.13 bits per heavy atom.